The van der Waals surface area contributed by atoms with E-state index in [2.05, 4.69) is 11.9 Å². The summed E-state index contributed by atoms with van der Waals surface area (Å²) in [5.74, 6) is 0. The Hall–Kier alpha value is -1.21. The summed E-state index contributed by atoms with van der Waals surface area (Å²) in [6, 6.07) is 7.02. The van der Waals surface area contributed by atoms with E-state index in [1.165, 1.54) is 4.31 Å². The molecule has 0 fully saturated rings. The highest BCUT2D eigenvalue weighted by Gasteiger charge is 2.22. The lowest BCUT2D eigenvalue weighted by Gasteiger charge is -2.20. The topological polar surface area (TPSA) is 58.6 Å². The summed E-state index contributed by atoms with van der Waals surface area (Å²) in [5.41, 5.74) is 1.11. The van der Waals surface area contributed by atoms with Gasteiger partial charge in [0.25, 0.3) is 0 Å². The maximum Gasteiger partial charge on any atom is 0.243 e. The summed E-state index contributed by atoms with van der Waals surface area (Å²) in [6.07, 6.45) is 2.45. The monoisotopic (exact) mass is 312 g/mol. The van der Waals surface area contributed by atoms with Gasteiger partial charge in [-0.1, -0.05) is 18.2 Å². The van der Waals surface area contributed by atoms with E-state index >= 15 is 0 Å². The highest BCUT2D eigenvalue weighted by Crippen LogP contribution is 2.16. The fourth-order valence-corrected chi connectivity index (χ4v) is 3.29. The minimum Gasteiger partial charge on any atom is -0.383 e. The lowest BCUT2D eigenvalue weighted by atomic mass is 10.1. The summed E-state index contributed by atoms with van der Waals surface area (Å²) in [6.45, 7) is 5.41. The first-order valence-electron chi connectivity index (χ1n) is 6.89. The maximum atomic E-state index is 12.6. The quantitative estimate of drug-likeness (QED) is 0.661. The lowest BCUT2D eigenvalue weighted by Crippen LogP contribution is -2.34. The number of ether oxygens (including phenoxy) is 1. The molecule has 0 unspecified atom stereocenters. The van der Waals surface area contributed by atoms with Gasteiger partial charge in [0, 0.05) is 20.2 Å². The smallest absolute Gasteiger partial charge is 0.243 e. The van der Waals surface area contributed by atoms with Gasteiger partial charge < -0.3 is 10.1 Å². The molecule has 0 bridgehead atoms. The molecule has 1 aromatic carbocycles. The van der Waals surface area contributed by atoms with E-state index in [9.17, 15) is 8.42 Å². The standard InChI is InChI=1S/C15H24N2O3S/c1-4-11-17(12-13-20-3)21(18,19)15-7-5-14(6-8-15)9-10-16-2/h4-8,16H,1,9-13H2,2-3H3. The summed E-state index contributed by atoms with van der Waals surface area (Å²) in [7, 11) is -0.0647. The van der Waals surface area contributed by atoms with Crippen molar-refractivity contribution in [3.63, 3.8) is 0 Å². The molecular weight excluding hydrogens is 288 g/mol. The molecular formula is C15H24N2O3S. The number of benzene rings is 1. The van der Waals surface area contributed by atoms with Crippen molar-refractivity contribution >= 4 is 10.0 Å². The van der Waals surface area contributed by atoms with Gasteiger partial charge in [-0.15, -0.1) is 6.58 Å². The van der Waals surface area contributed by atoms with Crippen molar-refractivity contribution in [2.24, 2.45) is 0 Å². The van der Waals surface area contributed by atoms with Crippen molar-refractivity contribution in [3.8, 4) is 0 Å². The second-order valence-electron chi connectivity index (χ2n) is 4.64. The van der Waals surface area contributed by atoms with Crippen molar-refractivity contribution in [1.82, 2.24) is 9.62 Å². The van der Waals surface area contributed by atoms with Crippen molar-refractivity contribution in [1.29, 1.82) is 0 Å². The highest BCUT2D eigenvalue weighted by atomic mass is 32.2. The van der Waals surface area contributed by atoms with E-state index in [1.807, 2.05) is 19.2 Å². The molecule has 1 rings (SSSR count). The van der Waals surface area contributed by atoms with Crippen molar-refractivity contribution < 1.29 is 13.2 Å². The average molecular weight is 312 g/mol. The third-order valence-corrected chi connectivity index (χ3v) is 4.98. The van der Waals surface area contributed by atoms with Crippen LogP contribution in [0, 0.1) is 0 Å². The Balaban J connectivity index is 2.90. The molecule has 118 valence electrons. The van der Waals surface area contributed by atoms with Crippen LogP contribution in [0.2, 0.25) is 0 Å². The van der Waals surface area contributed by atoms with E-state index in [4.69, 9.17) is 4.74 Å². The van der Waals surface area contributed by atoms with Gasteiger partial charge in [-0.3, -0.25) is 0 Å². The lowest BCUT2D eigenvalue weighted by molar-refractivity contribution is 0.182. The molecule has 0 aromatic heterocycles. The minimum atomic E-state index is -3.51. The summed E-state index contributed by atoms with van der Waals surface area (Å²) >= 11 is 0. The molecule has 5 nitrogen and oxygen atoms in total. The van der Waals surface area contributed by atoms with E-state index in [-0.39, 0.29) is 6.54 Å². The van der Waals surface area contributed by atoms with Crippen LogP contribution < -0.4 is 5.32 Å². The van der Waals surface area contributed by atoms with Gasteiger partial charge in [0.05, 0.1) is 11.5 Å². The van der Waals surface area contributed by atoms with Gasteiger partial charge in [-0.25, -0.2) is 8.42 Å². The van der Waals surface area contributed by atoms with Gasteiger partial charge in [-0.2, -0.15) is 4.31 Å². The Kier molecular flexibility index (Phi) is 7.60. The van der Waals surface area contributed by atoms with Crippen molar-refractivity contribution in [2.75, 3.05) is 40.4 Å². The number of sulfonamides is 1. The first-order chi connectivity index (χ1) is 10.1. The minimum absolute atomic E-state index is 0.271. The van der Waals surface area contributed by atoms with Crippen LogP contribution in [0.25, 0.3) is 0 Å². The number of hydrogen-bond acceptors (Lipinski definition) is 4. The molecule has 0 aliphatic carbocycles. The Labute approximate surface area is 127 Å². The van der Waals surface area contributed by atoms with Crippen LogP contribution in [0.15, 0.2) is 41.8 Å². The number of nitrogens with zero attached hydrogens (tertiary/aromatic N) is 1. The third kappa shape index (κ3) is 5.24. The fourth-order valence-electron chi connectivity index (χ4n) is 1.89. The van der Waals surface area contributed by atoms with Gasteiger partial charge >= 0.3 is 0 Å². The van der Waals surface area contributed by atoms with Crippen LogP contribution in [0.4, 0.5) is 0 Å². The zero-order valence-corrected chi connectivity index (χ0v) is 13.5. The Bertz CT molecular complexity index is 526. The molecule has 0 saturated heterocycles. The molecule has 0 spiro atoms. The molecule has 0 aliphatic rings. The highest BCUT2D eigenvalue weighted by molar-refractivity contribution is 7.89. The predicted molar refractivity (Wildman–Crippen MR) is 84.9 cm³/mol. The molecule has 21 heavy (non-hydrogen) atoms. The number of rotatable bonds is 10. The van der Waals surface area contributed by atoms with Crippen LogP contribution in [0.3, 0.4) is 0 Å². The molecule has 0 atom stereocenters. The molecule has 1 aromatic rings. The van der Waals surface area contributed by atoms with Crippen LogP contribution in [-0.2, 0) is 21.2 Å². The van der Waals surface area contributed by atoms with Gasteiger partial charge in [0.2, 0.25) is 10.0 Å². The number of nitrogens with one attached hydrogen (secondary N) is 1. The Morgan fingerprint density at radius 3 is 2.52 bits per heavy atom. The summed E-state index contributed by atoms with van der Waals surface area (Å²) < 4.78 is 31.5. The van der Waals surface area contributed by atoms with Crippen LogP contribution in [0.5, 0.6) is 0 Å². The second-order valence-corrected chi connectivity index (χ2v) is 6.58. The zero-order valence-electron chi connectivity index (χ0n) is 12.7. The van der Waals surface area contributed by atoms with Crippen LogP contribution in [0.1, 0.15) is 5.56 Å². The largest absolute Gasteiger partial charge is 0.383 e. The van der Waals surface area contributed by atoms with Gasteiger partial charge in [-0.05, 0) is 37.7 Å². The first-order valence-corrected chi connectivity index (χ1v) is 8.33. The average Bonchev–Trinajstić information content (AvgIpc) is 2.49. The van der Waals surface area contributed by atoms with E-state index in [0.717, 1.165) is 18.5 Å². The molecule has 0 amide bonds. The number of methoxy groups -OCH3 is 1. The van der Waals surface area contributed by atoms with E-state index in [1.54, 1.807) is 25.3 Å². The van der Waals surface area contributed by atoms with Crippen molar-refractivity contribution in [3.05, 3.63) is 42.5 Å². The first kappa shape index (κ1) is 17.8. The predicted octanol–water partition coefficient (Wildman–Crippen LogP) is 1.27. The SMILES string of the molecule is C=CCN(CCOC)S(=O)(=O)c1ccc(CCNC)cc1. The van der Waals surface area contributed by atoms with E-state index < -0.39 is 10.0 Å². The molecule has 0 radical (unpaired) electrons. The molecule has 0 heterocycles. The maximum absolute atomic E-state index is 12.6. The summed E-state index contributed by atoms with van der Waals surface area (Å²) in [5, 5.41) is 3.07. The van der Waals surface area contributed by atoms with Gasteiger partial charge in [0.15, 0.2) is 0 Å². The molecule has 0 saturated carbocycles. The third-order valence-electron chi connectivity index (χ3n) is 3.10. The number of hydrogen-bond donors (Lipinski definition) is 1. The zero-order chi connectivity index (χ0) is 15.7. The van der Waals surface area contributed by atoms with Crippen LogP contribution >= 0.6 is 0 Å². The van der Waals surface area contributed by atoms with Crippen molar-refractivity contribution in [2.45, 2.75) is 11.3 Å². The number of likely N-dealkylation sites (N-methyl/N-ethyl adjacent to an activating group) is 1. The van der Waals surface area contributed by atoms with E-state index in [0.29, 0.717) is 18.0 Å². The molecule has 1 N–H and O–H groups in total. The molecule has 0 aliphatic heterocycles. The Morgan fingerprint density at radius 1 is 1.33 bits per heavy atom. The molecule has 6 heteroatoms. The second kappa shape index (κ2) is 8.94. The van der Waals surface area contributed by atoms with Gasteiger partial charge in [0.1, 0.15) is 0 Å². The summed E-state index contributed by atoms with van der Waals surface area (Å²) in [4.78, 5) is 0.300. The fraction of sp³-hybridized carbons (Fsp3) is 0.467. The normalized spacial score (nSPS) is 11.8. The Morgan fingerprint density at radius 2 is 2.00 bits per heavy atom. The van der Waals surface area contributed by atoms with Crippen LogP contribution in [-0.4, -0.2) is 53.1 Å².